The number of nitrogens with two attached hydrogens (primary N) is 2. The zero-order valence-electron chi connectivity index (χ0n) is 21.7. The lowest BCUT2D eigenvalue weighted by atomic mass is 9.99. The van der Waals surface area contributed by atoms with Gasteiger partial charge < -0.3 is 32.3 Å². The number of guanidine groups is 2. The summed E-state index contributed by atoms with van der Waals surface area (Å²) in [5.41, 5.74) is 17.0. The summed E-state index contributed by atoms with van der Waals surface area (Å²) in [6, 6.07) is 19.9. The van der Waals surface area contributed by atoms with E-state index in [9.17, 15) is 9.59 Å². The van der Waals surface area contributed by atoms with Crippen LogP contribution in [0.25, 0.3) is 5.57 Å². The van der Waals surface area contributed by atoms with Crippen molar-refractivity contribution in [3.63, 3.8) is 0 Å². The van der Waals surface area contributed by atoms with Crippen LogP contribution in [0.5, 0.6) is 0 Å². The molecule has 0 fully saturated rings. The van der Waals surface area contributed by atoms with Gasteiger partial charge >= 0.3 is 0 Å². The second-order valence-electron chi connectivity index (χ2n) is 9.29. The van der Waals surface area contributed by atoms with Crippen molar-refractivity contribution in [2.24, 2.45) is 11.5 Å². The fourth-order valence-electron chi connectivity index (χ4n) is 4.28. The van der Waals surface area contributed by atoms with Crippen molar-refractivity contribution in [3.8, 4) is 0 Å². The molecule has 200 valence electrons. The molecule has 10 nitrogen and oxygen atoms in total. The van der Waals surface area contributed by atoms with E-state index >= 15 is 0 Å². The zero-order valence-corrected chi connectivity index (χ0v) is 21.7. The van der Waals surface area contributed by atoms with Crippen molar-refractivity contribution in [2.75, 3.05) is 23.7 Å². The number of carbonyl (C=O) groups is 2. The average Bonchev–Trinajstić information content (AvgIpc) is 2.93. The number of nitrogens with one attached hydrogen (secondary N) is 5. The molecule has 39 heavy (non-hydrogen) atoms. The van der Waals surface area contributed by atoms with Crippen LogP contribution < -0.4 is 27.4 Å². The predicted octanol–water partition coefficient (Wildman–Crippen LogP) is 3.47. The van der Waals surface area contributed by atoms with Crippen LogP contribution in [0.4, 0.5) is 11.4 Å². The Morgan fingerprint density at radius 1 is 0.897 bits per heavy atom. The number of hydrogen-bond donors (Lipinski definition) is 7. The summed E-state index contributed by atoms with van der Waals surface area (Å²) in [5, 5.41) is 23.3. The molecule has 1 aliphatic rings. The number of rotatable bonds is 7. The minimum atomic E-state index is -0.279. The Morgan fingerprint density at radius 3 is 2.10 bits per heavy atom. The molecule has 0 spiro atoms. The number of anilines is 2. The van der Waals surface area contributed by atoms with Crippen molar-refractivity contribution in [1.29, 1.82) is 10.8 Å². The van der Waals surface area contributed by atoms with Gasteiger partial charge in [-0.25, -0.2) is 0 Å². The van der Waals surface area contributed by atoms with E-state index in [1.807, 2.05) is 41.3 Å². The summed E-state index contributed by atoms with van der Waals surface area (Å²) in [5.74, 6) is -0.553. The smallest absolute Gasteiger partial charge is 0.255 e. The van der Waals surface area contributed by atoms with Gasteiger partial charge in [-0.15, -0.1) is 0 Å². The molecule has 4 rings (SSSR count). The van der Waals surface area contributed by atoms with E-state index in [0.717, 1.165) is 17.5 Å². The van der Waals surface area contributed by atoms with Crippen LogP contribution >= 0.6 is 0 Å². The summed E-state index contributed by atoms with van der Waals surface area (Å²) in [6.07, 6.45) is 2.87. The molecular formula is C29H32N8O2. The molecule has 0 atom stereocenters. The van der Waals surface area contributed by atoms with Crippen LogP contribution in [0.15, 0.2) is 72.8 Å². The van der Waals surface area contributed by atoms with Crippen LogP contribution in [0, 0.1) is 17.7 Å². The molecule has 3 aromatic carbocycles. The van der Waals surface area contributed by atoms with E-state index in [-0.39, 0.29) is 23.7 Å². The first kappa shape index (κ1) is 26.9. The molecule has 0 saturated carbocycles. The van der Waals surface area contributed by atoms with E-state index in [4.69, 9.17) is 22.3 Å². The fraction of sp³-hybridized carbons (Fsp3) is 0.172. The molecule has 10 heteroatoms. The molecule has 1 aliphatic heterocycles. The SMILES string of the molecule is Cc1cc(C(=O)Nc2ccc(CNC(=N)N)cc2)ccc1C(=O)Nc1ccc(C2=CCN(C(=N)N)CC2)cc1. The highest BCUT2D eigenvalue weighted by Gasteiger charge is 2.15. The second-order valence-corrected chi connectivity index (χ2v) is 9.29. The van der Waals surface area contributed by atoms with Gasteiger partial charge in [-0.1, -0.05) is 30.3 Å². The normalized spacial score (nSPS) is 12.7. The number of amides is 2. The second kappa shape index (κ2) is 12.0. The molecule has 0 aliphatic carbocycles. The van der Waals surface area contributed by atoms with Gasteiger partial charge in [0.05, 0.1) is 0 Å². The van der Waals surface area contributed by atoms with E-state index in [1.54, 1.807) is 37.3 Å². The maximum absolute atomic E-state index is 12.9. The largest absolute Gasteiger partial charge is 0.370 e. The number of aryl methyl sites for hydroxylation is 1. The molecule has 0 unspecified atom stereocenters. The van der Waals surface area contributed by atoms with E-state index in [2.05, 4.69) is 22.0 Å². The molecule has 2 amide bonds. The van der Waals surface area contributed by atoms with Gasteiger partial charge in [0.1, 0.15) is 0 Å². The molecule has 0 bridgehead atoms. The Labute approximate surface area is 227 Å². The zero-order chi connectivity index (χ0) is 27.9. The first-order valence-corrected chi connectivity index (χ1v) is 12.5. The first-order valence-electron chi connectivity index (χ1n) is 12.5. The number of benzene rings is 3. The maximum atomic E-state index is 12.9. The van der Waals surface area contributed by atoms with Crippen LogP contribution in [0.2, 0.25) is 0 Å². The minimum absolute atomic E-state index is 0.0817. The van der Waals surface area contributed by atoms with Crippen LogP contribution in [0.1, 0.15) is 43.8 Å². The van der Waals surface area contributed by atoms with E-state index in [1.165, 1.54) is 5.57 Å². The number of nitrogens with zero attached hydrogens (tertiary/aromatic N) is 1. The predicted molar refractivity (Wildman–Crippen MR) is 155 cm³/mol. The first-order chi connectivity index (χ1) is 18.7. The monoisotopic (exact) mass is 524 g/mol. The topological polar surface area (TPSA) is 173 Å². The van der Waals surface area contributed by atoms with Gasteiger partial charge in [-0.3, -0.25) is 20.4 Å². The van der Waals surface area contributed by atoms with Gasteiger partial charge in [0, 0.05) is 42.1 Å². The summed E-state index contributed by atoms with van der Waals surface area (Å²) in [7, 11) is 0. The van der Waals surface area contributed by atoms with Gasteiger partial charge in [0.15, 0.2) is 11.9 Å². The van der Waals surface area contributed by atoms with Crippen molar-refractivity contribution >= 4 is 40.7 Å². The summed E-state index contributed by atoms with van der Waals surface area (Å²) < 4.78 is 0. The van der Waals surface area contributed by atoms with Gasteiger partial charge in [-0.05, 0) is 78.1 Å². The summed E-state index contributed by atoms with van der Waals surface area (Å²) in [6.45, 7) is 3.54. The van der Waals surface area contributed by atoms with Gasteiger partial charge in [0.2, 0.25) is 0 Å². The van der Waals surface area contributed by atoms with Gasteiger partial charge in [0.25, 0.3) is 11.8 Å². The number of carbonyl (C=O) groups excluding carboxylic acids is 2. The third-order valence-electron chi connectivity index (χ3n) is 6.49. The Morgan fingerprint density at radius 2 is 1.54 bits per heavy atom. The maximum Gasteiger partial charge on any atom is 0.255 e. The highest BCUT2D eigenvalue weighted by Crippen LogP contribution is 2.24. The highest BCUT2D eigenvalue weighted by molar-refractivity contribution is 6.08. The van der Waals surface area contributed by atoms with Crippen LogP contribution in [0.3, 0.4) is 0 Å². The third-order valence-corrected chi connectivity index (χ3v) is 6.49. The van der Waals surface area contributed by atoms with Crippen molar-refractivity contribution in [1.82, 2.24) is 10.2 Å². The van der Waals surface area contributed by atoms with Crippen molar-refractivity contribution in [3.05, 3.63) is 101 Å². The lowest BCUT2D eigenvalue weighted by molar-refractivity contribution is 0.101. The minimum Gasteiger partial charge on any atom is -0.370 e. The Bertz CT molecular complexity index is 1430. The highest BCUT2D eigenvalue weighted by atomic mass is 16.2. The Hall–Kier alpha value is -5.12. The lowest BCUT2D eigenvalue weighted by Gasteiger charge is -2.26. The molecule has 0 radical (unpaired) electrons. The fourth-order valence-corrected chi connectivity index (χ4v) is 4.28. The third kappa shape index (κ3) is 7.01. The standard InChI is InChI=1S/C29H32N8O2/c1-18-16-22(26(38)35-23-7-2-19(3-8-23)17-34-28(30)31)6-11-25(18)27(39)36-24-9-4-20(5-10-24)21-12-14-37(15-13-21)29(32)33/h2-12,16H,13-15,17H2,1H3,(H3,32,33)(H,35,38)(H,36,39)(H4,30,31,34). The van der Waals surface area contributed by atoms with E-state index in [0.29, 0.717) is 47.7 Å². The van der Waals surface area contributed by atoms with Crippen molar-refractivity contribution in [2.45, 2.75) is 19.9 Å². The molecule has 0 saturated heterocycles. The molecule has 9 N–H and O–H groups in total. The molecule has 1 heterocycles. The van der Waals surface area contributed by atoms with Crippen LogP contribution in [-0.4, -0.2) is 41.7 Å². The summed E-state index contributed by atoms with van der Waals surface area (Å²) >= 11 is 0. The molecule has 0 aromatic heterocycles. The van der Waals surface area contributed by atoms with E-state index < -0.39 is 0 Å². The lowest BCUT2D eigenvalue weighted by Crippen LogP contribution is -2.39. The average molecular weight is 525 g/mol. The molecular weight excluding hydrogens is 492 g/mol. The number of hydrogen-bond acceptors (Lipinski definition) is 4. The van der Waals surface area contributed by atoms with Gasteiger partial charge in [-0.2, -0.15) is 0 Å². The molecule has 3 aromatic rings. The Balaban J connectivity index is 1.35. The van der Waals surface area contributed by atoms with Crippen molar-refractivity contribution < 1.29 is 9.59 Å². The van der Waals surface area contributed by atoms with Crippen LogP contribution in [-0.2, 0) is 6.54 Å². The quantitative estimate of drug-likeness (QED) is 0.184. The Kier molecular flexibility index (Phi) is 8.25. The summed E-state index contributed by atoms with van der Waals surface area (Å²) in [4.78, 5) is 27.5.